The van der Waals surface area contributed by atoms with Crippen LogP contribution in [0.5, 0.6) is 0 Å². The van der Waals surface area contributed by atoms with E-state index in [9.17, 15) is 20.7 Å². The molecule has 3 aromatic rings. The molecule has 0 radical (unpaired) electrons. The fourth-order valence-electron chi connectivity index (χ4n) is 7.69. The van der Waals surface area contributed by atoms with Gasteiger partial charge in [0.1, 0.15) is 0 Å². The van der Waals surface area contributed by atoms with Crippen LogP contribution in [0.4, 0.5) is 0 Å². The van der Waals surface area contributed by atoms with Crippen molar-refractivity contribution >= 4 is 10.8 Å². The zero-order valence-corrected chi connectivity index (χ0v) is 18.1. The van der Waals surface area contributed by atoms with Gasteiger partial charge in [0.2, 0.25) is 0 Å². The van der Waals surface area contributed by atoms with Crippen molar-refractivity contribution in [2.75, 3.05) is 0 Å². The van der Waals surface area contributed by atoms with E-state index in [0.717, 1.165) is 21.9 Å². The van der Waals surface area contributed by atoms with Crippen LogP contribution in [0.2, 0.25) is 0 Å². The highest BCUT2D eigenvalue weighted by atomic mass is 16.3. The van der Waals surface area contributed by atoms with Gasteiger partial charge in [0.25, 0.3) is 0 Å². The average Bonchev–Trinajstić information content (AvgIpc) is 3.07. The molecule has 2 N–H and O–H groups in total. The number of fused-ring (bicyclic) bond motifs is 4. The molecule has 0 spiro atoms. The standard InChI is InChI=1S/C28H24N2O2/c1-25-20(16-30)14-28(32)24-22(27(25,31)13-19(15-29)26(25,28)2)12-18-10-6-7-11-21(18)23(24)17-8-4-3-5-9-17/h3-12,19-20,31-32H,13-14H2,1-2H3/t19-,20?,25-,26?,27?,28+/m1/s1. The third-order valence-electron chi connectivity index (χ3n) is 9.47. The van der Waals surface area contributed by atoms with Crippen LogP contribution in [0.1, 0.15) is 37.8 Å². The van der Waals surface area contributed by atoms with E-state index in [1.165, 1.54) is 0 Å². The molecule has 3 aromatic carbocycles. The van der Waals surface area contributed by atoms with E-state index in [-0.39, 0.29) is 12.8 Å². The molecule has 158 valence electrons. The minimum absolute atomic E-state index is 0.210. The molecule has 0 heterocycles. The van der Waals surface area contributed by atoms with Crippen LogP contribution in [0.15, 0.2) is 60.7 Å². The first kappa shape index (κ1) is 19.5. The second-order valence-corrected chi connectivity index (χ2v) is 10.2. The Bertz CT molecular complexity index is 1370. The van der Waals surface area contributed by atoms with Crippen LogP contribution in [0.25, 0.3) is 21.9 Å². The predicted octanol–water partition coefficient (Wildman–Crippen LogP) is 5.00. The number of benzene rings is 3. The second kappa shape index (κ2) is 5.78. The number of hydrogen-bond acceptors (Lipinski definition) is 4. The van der Waals surface area contributed by atoms with Crippen LogP contribution in [0.3, 0.4) is 0 Å². The van der Waals surface area contributed by atoms with E-state index in [1.54, 1.807) is 0 Å². The second-order valence-electron chi connectivity index (χ2n) is 10.2. The third-order valence-corrected chi connectivity index (χ3v) is 9.47. The average molecular weight is 421 g/mol. The Morgan fingerprint density at radius 1 is 0.812 bits per heavy atom. The lowest BCUT2D eigenvalue weighted by Gasteiger charge is -2.55. The Kier molecular flexibility index (Phi) is 3.52. The highest BCUT2D eigenvalue weighted by Crippen LogP contribution is 2.82. The van der Waals surface area contributed by atoms with Gasteiger partial charge < -0.3 is 10.2 Å². The van der Waals surface area contributed by atoms with E-state index in [0.29, 0.717) is 11.1 Å². The molecule has 0 aliphatic heterocycles. The van der Waals surface area contributed by atoms with Crippen LogP contribution >= 0.6 is 0 Å². The summed E-state index contributed by atoms with van der Waals surface area (Å²) in [4.78, 5) is 0. The van der Waals surface area contributed by atoms with Crippen LogP contribution in [-0.4, -0.2) is 10.2 Å². The molecule has 2 saturated carbocycles. The monoisotopic (exact) mass is 420 g/mol. The Hall–Kier alpha value is -3.18. The topological polar surface area (TPSA) is 88.0 Å². The maximum absolute atomic E-state index is 12.6. The summed E-state index contributed by atoms with van der Waals surface area (Å²) in [6.45, 7) is 3.83. The van der Waals surface area contributed by atoms with E-state index < -0.39 is 33.9 Å². The summed E-state index contributed by atoms with van der Waals surface area (Å²) in [5.41, 5.74) is -1.46. The molecule has 0 amide bonds. The number of rotatable bonds is 1. The summed E-state index contributed by atoms with van der Waals surface area (Å²) in [5.74, 6) is -1.14. The minimum Gasteiger partial charge on any atom is -0.384 e. The van der Waals surface area contributed by atoms with Crippen LogP contribution < -0.4 is 0 Å². The zero-order valence-electron chi connectivity index (χ0n) is 18.1. The molecule has 3 unspecified atom stereocenters. The fourth-order valence-corrected chi connectivity index (χ4v) is 7.69. The molecule has 3 aliphatic carbocycles. The van der Waals surface area contributed by atoms with Gasteiger partial charge in [-0.15, -0.1) is 0 Å². The number of nitriles is 2. The molecular formula is C28H24N2O2. The van der Waals surface area contributed by atoms with Crippen molar-refractivity contribution in [1.82, 2.24) is 0 Å². The first-order valence-corrected chi connectivity index (χ1v) is 11.1. The summed E-state index contributed by atoms with van der Waals surface area (Å²) < 4.78 is 0. The Balaban J connectivity index is 1.86. The van der Waals surface area contributed by atoms with E-state index >= 15 is 0 Å². The van der Waals surface area contributed by atoms with Crippen molar-refractivity contribution in [2.24, 2.45) is 22.7 Å². The van der Waals surface area contributed by atoms with E-state index in [4.69, 9.17) is 0 Å². The summed E-state index contributed by atoms with van der Waals surface area (Å²) >= 11 is 0. The van der Waals surface area contributed by atoms with Gasteiger partial charge in [-0.2, -0.15) is 10.5 Å². The van der Waals surface area contributed by atoms with Gasteiger partial charge >= 0.3 is 0 Å². The van der Waals surface area contributed by atoms with Gasteiger partial charge in [-0.3, -0.25) is 0 Å². The van der Waals surface area contributed by atoms with Crippen LogP contribution in [-0.2, 0) is 11.2 Å². The summed E-state index contributed by atoms with van der Waals surface area (Å²) in [6.07, 6.45) is 0.429. The van der Waals surface area contributed by atoms with Crippen molar-refractivity contribution in [1.29, 1.82) is 10.5 Å². The van der Waals surface area contributed by atoms with Gasteiger partial charge in [-0.05, 0) is 51.9 Å². The molecule has 4 nitrogen and oxygen atoms in total. The molecular weight excluding hydrogens is 396 g/mol. The first-order chi connectivity index (χ1) is 15.3. The molecule has 4 heteroatoms. The molecule has 3 aliphatic rings. The summed E-state index contributed by atoms with van der Waals surface area (Å²) in [6, 6.07) is 24.7. The summed E-state index contributed by atoms with van der Waals surface area (Å²) in [7, 11) is 0. The van der Waals surface area contributed by atoms with Crippen molar-refractivity contribution in [3.05, 3.63) is 71.8 Å². The number of hydrogen-bond donors (Lipinski definition) is 2. The SMILES string of the molecule is CC12[C@@H](C#N)CC3(O)c4cc5ccccc5c(-c5ccccc5)c4[C@@]1(O)CC(C#N)[C@@]32C. The van der Waals surface area contributed by atoms with E-state index in [1.807, 2.05) is 74.5 Å². The smallest absolute Gasteiger partial charge is 0.0992 e. The molecule has 0 aromatic heterocycles. The number of aliphatic hydroxyl groups is 2. The maximum Gasteiger partial charge on any atom is 0.0992 e. The summed E-state index contributed by atoms with van der Waals surface area (Å²) in [5, 5.41) is 47.3. The Morgan fingerprint density at radius 3 is 2.03 bits per heavy atom. The van der Waals surface area contributed by atoms with Gasteiger partial charge in [-0.1, -0.05) is 68.4 Å². The van der Waals surface area contributed by atoms with E-state index in [2.05, 4.69) is 12.1 Å². The lowest BCUT2D eigenvalue weighted by Crippen LogP contribution is -2.57. The quantitative estimate of drug-likeness (QED) is 0.580. The highest BCUT2D eigenvalue weighted by Gasteiger charge is 2.84. The molecule has 2 fully saturated rings. The van der Waals surface area contributed by atoms with Gasteiger partial charge in [0, 0.05) is 10.8 Å². The third kappa shape index (κ3) is 1.76. The normalized spacial score (nSPS) is 38.8. The zero-order chi connectivity index (χ0) is 22.5. The largest absolute Gasteiger partial charge is 0.384 e. The van der Waals surface area contributed by atoms with Gasteiger partial charge in [-0.25, -0.2) is 0 Å². The maximum atomic E-state index is 12.6. The molecule has 32 heavy (non-hydrogen) atoms. The Morgan fingerprint density at radius 2 is 1.38 bits per heavy atom. The minimum atomic E-state index is -1.41. The highest BCUT2D eigenvalue weighted by molar-refractivity contribution is 6.00. The lowest BCUT2D eigenvalue weighted by molar-refractivity contribution is -0.166. The van der Waals surface area contributed by atoms with Crippen molar-refractivity contribution in [2.45, 2.75) is 37.9 Å². The predicted molar refractivity (Wildman–Crippen MR) is 121 cm³/mol. The van der Waals surface area contributed by atoms with Crippen molar-refractivity contribution in [3.63, 3.8) is 0 Å². The fraction of sp³-hybridized carbons (Fsp3) is 0.357. The van der Waals surface area contributed by atoms with Crippen molar-refractivity contribution in [3.8, 4) is 23.3 Å². The molecule has 6 atom stereocenters. The first-order valence-electron chi connectivity index (χ1n) is 11.1. The molecule has 4 bridgehead atoms. The van der Waals surface area contributed by atoms with Gasteiger partial charge in [0.05, 0.1) is 35.2 Å². The van der Waals surface area contributed by atoms with Crippen LogP contribution in [0, 0.1) is 45.3 Å². The number of nitrogens with zero attached hydrogens (tertiary/aromatic N) is 2. The van der Waals surface area contributed by atoms with Gasteiger partial charge in [0.15, 0.2) is 0 Å². The Labute approximate surface area is 187 Å². The van der Waals surface area contributed by atoms with Crippen molar-refractivity contribution < 1.29 is 10.2 Å². The molecule has 0 saturated heterocycles. The lowest BCUT2D eigenvalue weighted by atomic mass is 9.50. The molecule has 6 rings (SSSR count).